The summed E-state index contributed by atoms with van der Waals surface area (Å²) in [6.45, 7) is 6.08. The van der Waals surface area contributed by atoms with E-state index in [9.17, 15) is 4.79 Å². The van der Waals surface area contributed by atoms with Crippen LogP contribution in [0.25, 0.3) is 0 Å². The van der Waals surface area contributed by atoms with Gasteiger partial charge in [0.15, 0.2) is 0 Å². The summed E-state index contributed by atoms with van der Waals surface area (Å²) < 4.78 is 0. The molecule has 0 N–H and O–H groups in total. The molecule has 0 bridgehead atoms. The summed E-state index contributed by atoms with van der Waals surface area (Å²) >= 11 is 0. The van der Waals surface area contributed by atoms with Crippen molar-refractivity contribution in [1.29, 1.82) is 0 Å². The quantitative estimate of drug-likeness (QED) is 0.823. The van der Waals surface area contributed by atoms with Gasteiger partial charge in [0.1, 0.15) is 0 Å². The summed E-state index contributed by atoms with van der Waals surface area (Å²) in [4.78, 5) is 16.6. The Morgan fingerprint density at radius 2 is 1.80 bits per heavy atom. The Hall–Kier alpha value is -1.35. The van der Waals surface area contributed by atoms with E-state index < -0.39 is 0 Å². The minimum atomic E-state index is 0.193. The van der Waals surface area contributed by atoms with Crippen molar-refractivity contribution in [2.45, 2.75) is 39.2 Å². The van der Waals surface area contributed by atoms with Crippen LogP contribution < -0.4 is 0 Å². The van der Waals surface area contributed by atoms with Gasteiger partial charge in [-0.25, -0.2) is 0 Å². The van der Waals surface area contributed by atoms with Crippen molar-refractivity contribution in [3.05, 3.63) is 35.4 Å². The summed E-state index contributed by atoms with van der Waals surface area (Å²) in [5, 5.41) is 0. The highest BCUT2D eigenvalue weighted by atomic mass is 16.2. The highest BCUT2D eigenvalue weighted by Crippen LogP contribution is 2.14. The maximum Gasteiger partial charge on any atom is 0.253 e. The average Bonchev–Trinajstić information content (AvgIpc) is 2.48. The first-order valence-corrected chi connectivity index (χ1v) is 7.77. The van der Waals surface area contributed by atoms with Gasteiger partial charge in [0, 0.05) is 25.2 Å². The van der Waals surface area contributed by atoms with Crippen molar-refractivity contribution in [3.63, 3.8) is 0 Å². The molecule has 20 heavy (non-hydrogen) atoms. The molecule has 2 rings (SSSR count). The number of hydrogen-bond acceptors (Lipinski definition) is 2. The minimum Gasteiger partial charge on any atom is -0.339 e. The van der Waals surface area contributed by atoms with Crippen molar-refractivity contribution >= 4 is 5.91 Å². The Kier molecular flexibility index (Phi) is 5.60. The lowest BCUT2D eigenvalue weighted by molar-refractivity contribution is 0.0724. The molecule has 0 radical (unpaired) electrons. The normalized spacial score (nSPS) is 15.7. The lowest BCUT2D eigenvalue weighted by Crippen LogP contribution is -2.35. The molecule has 0 atom stereocenters. The van der Waals surface area contributed by atoms with Crippen LogP contribution in [0.4, 0.5) is 0 Å². The van der Waals surface area contributed by atoms with Gasteiger partial charge in [-0.1, -0.05) is 19.1 Å². The second kappa shape index (κ2) is 7.44. The molecule has 0 aliphatic carbocycles. The van der Waals surface area contributed by atoms with Crippen LogP contribution in [0.1, 0.15) is 48.5 Å². The second-order valence-electron chi connectivity index (χ2n) is 5.79. The van der Waals surface area contributed by atoms with Gasteiger partial charge < -0.3 is 9.80 Å². The first kappa shape index (κ1) is 15.0. The van der Waals surface area contributed by atoms with E-state index in [0.29, 0.717) is 0 Å². The number of carbonyl (C=O) groups excluding carboxylic acids is 1. The topological polar surface area (TPSA) is 23.6 Å². The first-order chi connectivity index (χ1) is 9.70. The largest absolute Gasteiger partial charge is 0.339 e. The number of carbonyl (C=O) groups is 1. The van der Waals surface area contributed by atoms with Crippen LogP contribution >= 0.6 is 0 Å². The maximum absolute atomic E-state index is 12.4. The van der Waals surface area contributed by atoms with Crippen LogP contribution in [0.2, 0.25) is 0 Å². The lowest BCUT2D eigenvalue weighted by atomic mass is 10.1. The molecular weight excluding hydrogens is 248 g/mol. The van der Waals surface area contributed by atoms with E-state index in [1.54, 1.807) is 0 Å². The molecule has 0 aromatic heterocycles. The predicted octanol–water partition coefficient (Wildman–Crippen LogP) is 3.15. The number of likely N-dealkylation sites (tertiary alicyclic amines) is 1. The molecule has 0 unspecified atom stereocenters. The van der Waals surface area contributed by atoms with Gasteiger partial charge in [0.2, 0.25) is 0 Å². The van der Waals surface area contributed by atoms with Crippen molar-refractivity contribution in [2.24, 2.45) is 0 Å². The van der Waals surface area contributed by atoms with Crippen molar-refractivity contribution in [3.8, 4) is 0 Å². The SMILES string of the molecule is CCCN(C)Cc1ccc(C(=O)N2CCCCC2)cc1. The number of rotatable bonds is 5. The van der Waals surface area contributed by atoms with E-state index in [0.717, 1.165) is 44.6 Å². The summed E-state index contributed by atoms with van der Waals surface area (Å²) in [5.41, 5.74) is 2.10. The van der Waals surface area contributed by atoms with E-state index in [1.807, 2.05) is 17.0 Å². The zero-order chi connectivity index (χ0) is 14.4. The van der Waals surface area contributed by atoms with E-state index in [2.05, 4.69) is 31.0 Å². The molecule has 1 fully saturated rings. The van der Waals surface area contributed by atoms with Crippen LogP contribution in [0, 0.1) is 0 Å². The van der Waals surface area contributed by atoms with Crippen LogP contribution in [0.15, 0.2) is 24.3 Å². The number of piperidine rings is 1. The molecular formula is C17H26N2O. The summed E-state index contributed by atoms with van der Waals surface area (Å²) in [6.07, 6.45) is 4.71. The van der Waals surface area contributed by atoms with Gasteiger partial charge in [-0.2, -0.15) is 0 Å². The van der Waals surface area contributed by atoms with Crippen LogP contribution in [-0.2, 0) is 6.54 Å². The minimum absolute atomic E-state index is 0.193. The van der Waals surface area contributed by atoms with E-state index >= 15 is 0 Å². The molecule has 1 aromatic rings. The molecule has 0 spiro atoms. The van der Waals surface area contributed by atoms with Crippen LogP contribution in [0.5, 0.6) is 0 Å². The summed E-state index contributed by atoms with van der Waals surface area (Å²) in [7, 11) is 2.14. The standard InChI is InChI=1S/C17H26N2O/c1-3-11-18(2)14-15-7-9-16(10-8-15)17(20)19-12-5-4-6-13-19/h7-10H,3-6,11-14H2,1-2H3. The van der Waals surface area contributed by atoms with Gasteiger partial charge in [-0.15, -0.1) is 0 Å². The van der Waals surface area contributed by atoms with Gasteiger partial charge >= 0.3 is 0 Å². The first-order valence-electron chi connectivity index (χ1n) is 7.77. The van der Waals surface area contributed by atoms with Gasteiger partial charge in [-0.3, -0.25) is 4.79 Å². The van der Waals surface area contributed by atoms with Gasteiger partial charge in [0.05, 0.1) is 0 Å². The Morgan fingerprint density at radius 3 is 2.40 bits per heavy atom. The molecule has 1 saturated heterocycles. The fraction of sp³-hybridized carbons (Fsp3) is 0.588. The van der Waals surface area contributed by atoms with Crippen LogP contribution in [-0.4, -0.2) is 42.4 Å². The summed E-state index contributed by atoms with van der Waals surface area (Å²) in [6, 6.07) is 8.13. The van der Waals surface area contributed by atoms with Crippen molar-refractivity contribution < 1.29 is 4.79 Å². The molecule has 1 aliphatic rings. The molecule has 3 heteroatoms. The molecule has 1 aliphatic heterocycles. The smallest absolute Gasteiger partial charge is 0.253 e. The highest BCUT2D eigenvalue weighted by Gasteiger charge is 2.17. The third kappa shape index (κ3) is 4.07. The molecule has 1 heterocycles. The molecule has 1 amide bonds. The van der Waals surface area contributed by atoms with Gasteiger partial charge in [-0.05, 0) is 57.0 Å². The summed E-state index contributed by atoms with van der Waals surface area (Å²) in [5.74, 6) is 0.193. The van der Waals surface area contributed by atoms with E-state index in [-0.39, 0.29) is 5.91 Å². The van der Waals surface area contributed by atoms with Gasteiger partial charge in [0.25, 0.3) is 5.91 Å². The maximum atomic E-state index is 12.4. The monoisotopic (exact) mass is 274 g/mol. The molecule has 1 aromatic carbocycles. The van der Waals surface area contributed by atoms with Crippen molar-refractivity contribution in [2.75, 3.05) is 26.7 Å². The molecule has 3 nitrogen and oxygen atoms in total. The number of nitrogens with zero attached hydrogens (tertiary/aromatic N) is 2. The Morgan fingerprint density at radius 1 is 1.15 bits per heavy atom. The Labute approximate surface area is 122 Å². The zero-order valence-corrected chi connectivity index (χ0v) is 12.8. The molecule has 0 saturated carbocycles. The van der Waals surface area contributed by atoms with E-state index in [4.69, 9.17) is 0 Å². The Bertz CT molecular complexity index is 421. The fourth-order valence-electron chi connectivity index (χ4n) is 2.80. The Balaban J connectivity index is 1.95. The lowest BCUT2D eigenvalue weighted by Gasteiger charge is -2.26. The average molecular weight is 274 g/mol. The number of amides is 1. The number of hydrogen-bond donors (Lipinski definition) is 0. The second-order valence-corrected chi connectivity index (χ2v) is 5.79. The third-order valence-electron chi connectivity index (χ3n) is 3.90. The predicted molar refractivity (Wildman–Crippen MR) is 82.8 cm³/mol. The third-order valence-corrected chi connectivity index (χ3v) is 3.90. The van der Waals surface area contributed by atoms with Crippen molar-refractivity contribution in [1.82, 2.24) is 9.80 Å². The highest BCUT2D eigenvalue weighted by molar-refractivity contribution is 5.94. The zero-order valence-electron chi connectivity index (χ0n) is 12.8. The molecule has 110 valence electrons. The van der Waals surface area contributed by atoms with Crippen LogP contribution in [0.3, 0.4) is 0 Å². The number of benzene rings is 1. The fourth-order valence-corrected chi connectivity index (χ4v) is 2.80. The van der Waals surface area contributed by atoms with E-state index in [1.165, 1.54) is 18.4 Å².